The number of rotatable bonds is 6. The summed E-state index contributed by atoms with van der Waals surface area (Å²) in [6.07, 6.45) is 2.00. The van der Waals surface area contributed by atoms with Crippen molar-refractivity contribution in [3.63, 3.8) is 0 Å². The van der Waals surface area contributed by atoms with E-state index < -0.39 is 10.8 Å². The van der Waals surface area contributed by atoms with Crippen LogP contribution in [-0.2, 0) is 4.74 Å². The Bertz CT molecular complexity index is 1060. The van der Waals surface area contributed by atoms with Crippen molar-refractivity contribution in [2.75, 3.05) is 23.8 Å². The van der Waals surface area contributed by atoms with Gasteiger partial charge in [-0.15, -0.1) is 0 Å². The topological polar surface area (TPSA) is 93.5 Å². The monoisotopic (exact) mass is 391 g/mol. The Hall–Kier alpha value is -3.45. The first-order chi connectivity index (χ1) is 14.1. The Labute approximate surface area is 167 Å². The van der Waals surface area contributed by atoms with Crippen LogP contribution in [0.1, 0.15) is 23.2 Å². The summed E-state index contributed by atoms with van der Waals surface area (Å²) in [6, 6.07) is 17.9. The molecule has 0 radical (unpaired) electrons. The number of nitro groups is 1. The third kappa shape index (κ3) is 4.35. The number of carbonyl (C=O) groups is 1. The second kappa shape index (κ2) is 8.28. The van der Waals surface area contributed by atoms with Crippen molar-refractivity contribution in [1.29, 1.82) is 0 Å². The lowest BCUT2D eigenvalue weighted by Gasteiger charge is -2.13. The van der Waals surface area contributed by atoms with Crippen molar-refractivity contribution < 1.29 is 14.5 Å². The van der Waals surface area contributed by atoms with Crippen LogP contribution in [0.2, 0.25) is 0 Å². The molecular formula is C22H21N3O4. The number of amides is 1. The number of hydrogen-bond acceptors (Lipinski definition) is 5. The predicted octanol–water partition coefficient (Wildman–Crippen LogP) is 4.59. The molecule has 4 rings (SSSR count). The van der Waals surface area contributed by atoms with E-state index in [4.69, 9.17) is 4.74 Å². The third-order valence-electron chi connectivity index (χ3n) is 5.01. The molecule has 3 aromatic carbocycles. The minimum atomic E-state index is -0.482. The lowest BCUT2D eigenvalue weighted by atomic mass is 10.1. The highest BCUT2D eigenvalue weighted by atomic mass is 16.6. The summed E-state index contributed by atoms with van der Waals surface area (Å²) in [5.41, 5.74) is 1.12. The van der Waals surface area contributed by atoms with E-state index in [2.05, 4.69) is 10.6 Å². The van der Waals surface area contributed by atoms with E-state index in [9.17, 15) is 14.9 Å². The molecule has 1 saturated heterocycles. The fourth-order valence-electron chi connectivity index (χ4n) is 3.47. The van der Waals surface area contributed by atoms with Gasteiger partial charge in [0.2, 0.25) is 0 Å². The van der Waals surface area contributed by atoms with Crippen LogP contribution < -0.4 is 10.6 Å². The summed E-state index contributed by atoms with van der Waals surface area (Å²) in [5, 5.41) is 19.5. The molecule has 1 amide bonds. The zero-order valence-corrected chi connectivity index (χ0v) is 15.8. The smallest absolute Gasteiger partial charge is 0.293 e. The van der Waals surface area contributed by atoms with Crippen LogP contribution in [0.4, 0.5) is 17.1 Å². The first kappa shape index (κ1) is 18.9. The van der Waals surface area contributed by atoms with Gasteiger partial charge < -0.3 is 15.4 Å². The quantitative estimate of drug-likeness (QED) is 0.473. The Morgan fingerprint density at radius 1 is 1.10 bits per heavy atom. The van der Waals surface area contributed by atoms with Crippen LogP contribution in [0.3, 0.4) is 0 Å². The molecule has 0 saturated carbocycles. The van der Waals surface area contributed by atoms with Crippen molar-refractivity contribution in [3.05, 3.63) is 76.3 Å². The van der Waals surface area contributed by atoms with Gasteiger partial charge in [-0.1, -0.05) is 30.3 Å². The largest absolute Gasteiger partial charge is 0.377 e. The summed E-state index contributed by atoms with van der Waals surface area (Å²) in [7, 11) is 0. The molecule has 29 heavy (non-hydrogen) atoms. The van der Waals surface area contributed by atoms with Gasteiger partial charge in [0.05, 0.1) is 11.0 Å². The first-order valence-corrected chi connectivity index (χ1v) is 9.54. The van der Waals surface area contributed by atoms with E-state index in [1.165, 1.54) is 6.07 Å². The van der Waals surface area contributed by atoms with E-state index in [1.807, 2.05) is 42.5 Å². The van der Waals surface area contributed by atoms with Crippen LogP contribution in [0.5, 0.6) is 0 Å². The highest BCUT2D eigenvalue weighted by Crippen LogP contribution is 2.27. The standard InChI is InChI=1S/C22H21N3O4/c26-22(24-18-9-7-15-4-1-2-5-16(15)12-18)17-8-10-20(21(13-17)25(27)28)23-14-19-6-3-11-29-19/h1-2,4-5,7-10,12-13,19,23H,3,6,11,14H2,(H,24,26)/t19-/m1/s1. The molecule has 7 heteroatoms. The molecule has 1 heterocycles. The molecule has 3 aromatic rings. The number of nitrogens with zero attached hydrogens (tertiary/aromatic N) is 1. The number of nitro benzene ring substituents is 1. The molecule has 0 aliphatic carbocycles. The Balaban J connectivity index is 1.51. The maximum atomic E-state index is 12.6. The van der Waals surface area contributed by atoms with Gasteiger partial charge in [-0.25, -0.2) is 0 Å². The van der Waals surface area contributed by atoms with Gasteiger partial charge in [-0.05, 0) is 47.9 Å². The molecular weight excluding hydrogens is 370 g/mol. The number of hydrogen-bond donors (Lipinski definition) is 2. The predicted molar refractivity (Wildman–Crippen MR) is 112 cm³/mol. The zero-order chi connectivity index (χ0) is 20.2. The normalized spacial score (nSPS) is 15.9. The SMILES string of the molecule is O=C(Nc1ccc2ccccc2c1)c1ccc(NC[C@H]2CCCO2)c([N+](=O)[O-])c1. The van der Waals surface area contributed by atoms with E-state index >= 15 is 0 Å². The minimum Gasteiger partial charge on any atom is -0.377 e. The van der Waals surface area contributed by atoms with Crippen LogP contribution in [0, 0.1) is 10.1 Å². The Kier molecular flexibility index (Phi) is 5.39. The number of nitrogens with one attached hydrogen (secondary N) is 2. The van der Waals surface area contributed by atoms with Crippen LogP contribution in [0.15, 0.2) is 60.7 Å². The van der Waals surface area contributed by atoms with Crippen LogP contribution >= 0.6 is 0 Å². The van der Waals surface area contributed by atoms with Gasteiger partial charge in [0.1, 0.15) is 5.69 Å². The molecule has 1 aliphatic rings. The number of anilines is 2. The number of benzene rings is 3. The van der Waals surface area contributed by atoms with Gasteiger partial charge >= 0.3 is 0 Å². The molecule has 148 valence electrons. The van der Waals surface area contributed by atoms with Gasteiger partial charge in [0, 0.05) is 30.5 Å². The van der Waals surface area contributed by atoms with Gasteiger partial charge in [-0.2, -0.15) is 0 Å². The third-order valence-corrected chi connectivity index (χ3v) is 5.01. The van der Waals surface area contributed by atoms with E-state index in [0.717, 1.165) is 30.2 Å². The average molecular weight is 391 g/mol. The lowest BCUT2D eigenvalue weighted by Crippen LogP contribution is -2.19. The second-order valence-electron chi connectivity index (χ2n) is 7.02. The molecule has 2 N–H and O–H groups in total. The first-order valence-electron chi connectivity index (χ1n) is 9.54. The van der Waals surface area contributed by atoms with Gasteiger partial charge in [0.25, 0.3) is 11.6 Å². The maximum absolute atomic E-state index is 12.6. The van der Waals surface area contributed by atoms with E-state index in [0.29, 0.717) is 17.9 Å². The van der Waals surface area contributed by atoms with Gasteiger partial charge in [0.15, 0.2) is 0 Å². The molecule has 1 aliphatic heterocycles. The molecule has 0 spiro atoms. The Morgan fingerprint density at radius 2 is 1.93 bits per heavy atom. The van der Waals surface area contributed by atoms with E-state index in [-0.39, 0.29) is 17.4 Å². The summed E-state index contributed by atoms with van der Waals surface area (Å²) in [5.74, 6) is -0.394. The highest BCUT2D eigenvalue weighted by molar-refractivity contribution is 6.06. The second-order valence-corrected chi connectivity index (χ2v) is 7.02. The summed E-state index contributed by atoms with van der Waals surface area (Å²) < 4.78 is 5.54. The molecule has 1 fully saturated rings. The summed E-state index contributed by atoms with van der Waals surface area (Å²) in [6.45, 7) is 1.23. The fourth-order valence-corrected chi connectivity index (χ4v) is 3.47. The maximum Gasteiger partial charge on any atom is 0.293 e. The van der Waals surface area contributed by atoms with Crippen molar-refractivity contribution in [3.8, 4) is 0 Å². The highest BCUT2D eigenvalue weighted by Gasteiger charge is 2.20. The van der Waals surface area contributed by atoms with Crippen molar-refractivity contribution in [2.24, 2.45) is 0 Å². The molecule has 0 aromatic heterocycles. The van der Waals surface area contributed by atoms with Gasteiger partial charge in [-0.3, -0.25) is 14.9 Å². The molecule has 0 bridgehead atoms. The Morgan fingerprint density at radius 3 is 2.69 bits per heavy atom. The summed E-state index contributed by atoms with van der Waals surface area (Å²) in [4.78, 5) is 23.6. The van der Waals surface area contributed by atoms with Crippen LogP contribution in [-0.4, -0.2) is 30.1 Å². The number of ether oxygens (including phenoxy) is 1. The summed E-state index contributed by atoms with van der Waals surface area (Å²) >= 11 is 0. The lowest BCUT2D eigenvalue weighted by molar-refractivity contribution is -0.384. The van der Waals surface area contributed by atoms with E-state index in [1.54, 1.807) is 12.1 Å². The number of carbonyl (C=O) groups excluding carboxylic acids is 1. The molecule has 0 unspecified atom stereocenters. The average Bonchev–Trinajstić information content (AvgIpc) is 3.25. The molecule has 7 nitrogen and oxygen atoms in total. The van der Waals surface area contributed by atoms with Crippen molar-refractivity contribution in [1.82, 2.24) is 0 Å². The molecule has 1 atom stereocenters. The number of fused-ring (bicyclic) bond motifs is 1. The minimum absolute atomic E-state index is 0.0606. The van der Waals surface area contributed by atoms with Crippen LogP contribution in [0.25, 0.3) is 10.8 Å². The zero-order valence-electron chi connectivity index (χ0n) is 15.8. The fraction of sp³-hybridized carbons (Fsp3) is 0.227. The van der Waals surface area contributed by atoms with Crippen molar-refractivity contribution in [2.45, 2.75) is 18.9 Å². The van der Waals surface area contributed by atoms with Crippen molar-refractivity contribution >= 4 is 33.7 Å².